The topological polar surface area (TPSA) is 74.8 Å². The van der Waals surface area contributed by atoms with Crippen molar-refractivity contribution in [2.45, 2.75) is 20.5 Å². The summed E-state index contributed by atoms with van der Waals surface area (Å²) in [5.41, 5.74) is 5.01. The molecule has 0 aliphatic heterocycles. The van der Waals surface area contributed by atoms with E-state index in [2.05, 4.69) is 15.4 Å². The van der Waals surface area contributed by atoms with Crippen molar-refractivity contribution in [3.8, 4) is 22.7 Å². The normalized spacial score (nSPS) is 10.9. The monoisotopic (exact) mass is 387 g/mol. The number of nitrogens with zero attached hydrogens (tertiary/aromatic N) is 5. The Labute approximate surface area is 168 Å². The summed E-state index contributed by atoms with van der Waals surface area (Å²) in [6.45, 7) is 4.19. The number of tetrazole rings is 1. The van der Waals surface area contributed by atoms with Crippen LogP contribution in [0.25, 0.3) is 16.9 Å². The molecule has 0 fully saturated rings. The van der Waals surface area contributed by atoms with Crippen molar-refractivity contribution in [2.75, 3.05) is 0 Å². The number of hydrogen-bond acceptors (Lipinski definition) is 5. The number of aryl methyl sites for hydroxylation is 3. The Morgan fingerprint density at radius 3 is 2.41 bits per heavy atom. The highest BCUT2D eigenvalue weighted by Gasteiger charge is 2.14. The van der Waals surface area contributed by atoms with Crippen molar-refractivity contribution in [1.29, 1.82) is 0 Å². The van der Waals surface area contributed by atoms with Gasteiger partial charge in [0.2, 0.25) is 0 Å². The van der Waals surface area contributed by atoms with E-state index >= 15 is 0 Å². The van der Waals surface area contributed by atoms with Gasteiger partial charge in [-0.15, -0.1) is 0 Å². The van der Waals surface area contributed by atoms with Crippen LogP contribution < -0.4 is 10.4 Å². The minimum atomic E-state index is -0.304. The number of ether oxygens (including phenoxy) is 1. The third kappa shape index (κ3) is 3.67. The highest BCUT2D eigenvalue weighted by atomic mass is 16.5. The smallest absolute Gasteiger partial charge is 0.368 e. The third-order valence-corrected chi connectivity index (χ3v) is 4.81. The van der Waals surface area contributed by atoms with E-state index in [-0.39, 0.29) is 12.3 Å². The molecule has 0 radical (unpaired) electrons. The molecule has 146 valence electrons. The van der Waals surface area contributed by atoms with Crippen LogP contribution in [-0.2, 0) is 13.7 Å². The van der Waals surface area contributed by atoms with Gasteiger partial charge in [-0.05, 0) is 48.0 Å². The van der Waals surface area contributed by atoms with Crippen LogP contribution in [0.4, 0.5) is 0 Å². The van der Waals surface area contributed by atoms with Crippen LogP contribution in [0.5, 0.6) is 5.75 Å². The molecular formula is C22H21N5O2. The molecule has 0 N–H and O–H groups in total. The fourth-order valence-corrected chi connectivity index (χ4v) is 3.16. The van der Waals surface area contributed by atoms with Crippen molar-refractivity contribution in [2.24, 2.45) is 7.05 Å². The molecule has 0 amide bonds. The van der Waals surface area contributed by atoms with E-state index in [9.17, 15) is 4.79 Å². The summed E-state index contributed by atoms with van der Waals surface area (Å²) in [5.74, 6) is 0.699. The van der Waals surface area contributed by atoms with E-state index in [1.807, 2.05) is 74.5 Å². The van der Waals surface area contributed by atoms with Crippen LogP contribution in [0.1, 0.15) is 16.8 Å². The Kier molecular flexibility index (Phi) is 4.95. The van der Waals surface area contributed by atoms with Crippen molar-refractivity contribution < 1.29 is 4.74 Å². The van der Waals surface area contributed by atoms with Gasteiger partial charge in [0.05, 0.1) is 17.1 Å². The SMILES string of the molecule is Cc1cccc(-n2nnn(C)c2=O)c1COc1ccc(-c2ccccc2)nc1C. The average molecular weight is 387 g/mol. The van der Waals surface area contributed by atoms with Crippen LogP contribution in [0.15, 0.2) is 65.5 Å². The predicted octanol–water partition coefficient (Wildman–Crippen LogP) is 3.22. The first-order chi connectivity index (χ1) is 14.0. The second-order valence-electron chi connectivity index (χ2n) is 6.80. The van der Waals surface area contributed by atoms with Gasteiger partial charge in [-0.1, -0.05) is 42.5 Å². The summed E-state index contributed by atoms with van der Waals surface area (Å²) in [4.78, 5) is 17.0. The summed E-state index contributed by atoms with van der Waals surface area (Å²) >= 11 is 0. The molecule has 29 heavy (non-hydrogen) atoms. The molecule has 0 spiro atoms. The van der Waals surface area contributed by atoms with Gasteiger partial charge in [-0.25, -0.2) is 9.78 Å². The molecule has 4 rings (SSSR count). The molecular weight excluding hydrogens is 366 g/mol. The first kappa shape index (κ1) is 18.6. The van der Waals surface area contributed by atoms with Crippen molar-refractivity contribution >= 4 is 0 Å². The number of benzene rings is 2. The largest absolute Gasteiger partial charge is 0.487 e. The van der Waals surface area contributed by atoms with Crippen LogP contribution >= 0.6 is 0 Å². The van der Waals surface area contributed by atoms with E-state index in [1.165, 1.54) is 9.36 Å². The van der Waals surface area contributed by atoms with Gasteiger partial charge in [0.1, 0.15) is 12.4 Å². The zero-order valence-corrected chi connectivity index (χ0v) is 16.5. The maximum atomic E-state index is 12.3. The molecule has 0 bridgehead atoms. The molecule has 2 heterocycles. The summed E-state index contributed by atoms with van der Waals surface area (Å²) in [7, 11) is 1.57. The van der Waals surface area contributed by atoms with Crippen molar-refractivity contribution in [3.05, 3.63) is 88.0 Å². The van der Waals surface area contributed by atoms with Crippen molar-refractivity contribution in [3.63, 3.8) is 0 Å². The minimum absolute atomic E-state index is 0.290. The van der Waals surface area contributed by atoms with Crippen molar-refractivity contribution in [1.82, 2.24) is 24.8 Å². The molecule has 0 saturated carbocycles. The number of aromatic nitrogens is 5. The van der Waals surface area contributed by atoms with E-state index < -0.39 is 0 Å². The molecule has 7 heteroatoms. The lowest BCUT2D eigenvalue weighted by atomic mass is 10.1. The van der Waals surface area contributed by atoms with Crippen LogP contribution in [0.3, 0.4) is 0 Å². The molecule has 0 unspecified atom stereocenters. The van der Waals surface area contributed by atoms with Gasteiger partial charge in [0.15, 0.2) is 0 Å². The Morgan fingerprint density at radius 1 is 0.931 bits per heavy atom. The number of pyridine rings is 1. The predicted molar refractivity (Wildman–Crippen MR) is 110 cm³/mol. The summed E-state index contributed by atoms with van der Waals surface area (Å²) < 4.78 is 8.56. The highest BCUT2D eigenvalue weighted by molar-refractivity contribution is 5.60. The third-order valence-electron chi connectivity index (χ3n) is 4.81. The number of hydrogen-bond donors (Lipinski definition) is 0. The lowest BCUT2D eigenvalue weighted by molar-refractivity contribution is 0.301. The molecule has 4 aromatic rings. The molecule has 2 aromatic heterocycles. The number of rotatable bonds is 5. The van der Waals surface area contributed by atoms with Crippen LogP contribution in [-0.4, -0.2) is 24.8 Å². The van der Waals surface area contributed by atoms with E-state index in [0.29, 0.717) is 11.4 Å². The Balaban J connectivity index is 1.62. The maximum Gasteiger partial charge on any atom is 0.368 e. The quantitative estimate of drug-likeness (QED) is 0.526. The fraction of sp³-hybridized carbons (Fsp3) is 0.182. The van der Waals surface area contributed by atoms with Gasteiger partial charge in [0.25, 0.3) is 0 Å². The lowest BCUT2D eigenvalue weighted by Gasteiger charge is -2.14. The first-order valence-electron chi connectivity index (χ1n) is 9.28. The van der Waals surface area contributed by atoms with Gasteiger partial charge in [-0.2, -0.15) is 9.36 Å². The van der Waals surface area contributed by atoms with Gasteiger partial charge in [-0.3, -0.25) is 0 Å². The average Bonchev–Trinajstić information content (AvgIpc) is 3.07. The Bertz CT molecular complexity index is 1210. The molecule has 0 atom stereocenters. The molecule has 7 nitrogen and oxygen atoms in total. The van der Waals surface area contributed by atoms with Gasteiger partial charge >= 0.3 is 5.69 Å². The van der Waals surface area contributed by atoms with E-state index in [0.717, 1.165) is 28.1 Å². The highest BCUT2D eigenvalue weighted by Crippen LogP contribution is 2.25. The Hall–Kier alpha value is -3.74. The van der Waals surface area contributed by atoms with Crippen LogP contribution in [0, 0.1) is 13.8 Å². The van der Waals surface area contributed by atoms with Gasteiger partial charge in [0, 0.05) is 18.2 Å². The zero-order valence-electron chi connectivity index (χ0n) is 16.5. The van der Waals surface area contributed by atoms with Gasteiger partial charge < -0.3 is 4.74 Å². The molecule has 2 aromatic carbocycles. The summed E-state index contributed by atoms with van der Waals surface area (Å²) in [6.07, 6.45) is 0. The second kappa shape index (κ2) is 7.71. The van der Waals surface area contributed by atoms with E-state index in [1.54, 1.807) is 7.05 Å². The summed E-state index contributed by atoms with van der Waals surface area (Å²) in [5, 5.41) is 7.75. The van der Waals surface area contributed by atoms with Crippen LogP contribution in [0.2, 0.25) is 0 Å². The first-order valence-corrected chi connectivity index (χ1v) is 9.28. The maximum absolute atomic E-state index is 12.3. The lowest BCUT2D eigenvalue weighted by Crippen LogP contribution is -2.23. The minimum Gasteiger partial charge on any atom is -0.487 e. The standard InChI is InChI=1S/C22H21N5O2/c1-15-8-7-11-20(27-22(28)26(3)24-25-27)18(15)14-29-21-13-12-19(23-16(21)2)17-9-5-4-6-10-17/h4-13H,14H2,1-3H3. The Morgan fingerprint density at radius 2 is 1.72 bits per heavy atom. The zero-order chi connectivity index (χ0) is 20.4. The molecule has 0 aliphatic rings. The second-order valence-corrected chi connectivity index (χ2v) is 6.80. The fourth-order valence-electron chi connectivity index (χ4n) is 3.16. The van der Waals surface area contributed by atoms with E-state index in [4.69, 9.17) is 4.74 Å². The molecule has 0 aliphatic carbocycles. The summed E-state index contributed by atoms with van der Waals surface area (Å²) in [6, 6.07) is 19.6. The molecule has 0 saturated heterocycles.